The zero-order valence-electron chi connectivity index (χ0n) is 7.59. The molecule has 0 amide bonds. The number of hydrogen-bond acceptors (Lipinski definition) is 2. The fourth-order valence-corrected chi connectivity index (χ4v) is 1.52. The number of aromatic nitrogens is 1. The van der Waals surface area contributed by atoms with E-state index in [9.17, 15) is 0 Å². The second-order valence-electron chi connectivity index (χ2n) is 3.13. The first kappa shape index (κ1) is 8.13. The molecule has 0 aliphatic rings. The van der Waals surface area contributed by atoms with Crippen LogP contribution < -0.4 is 11.1 Å². The molecule has 0 unspecified atom stereocenters. The number of nitrogens with two attached hydrogens (primary N) is 1. The minimum absolute atomic E-state index is 0.830. The van der Waals surface area contributed by atoms with Gasteiger partial charge in [0, 0.05) is 28.8 Å². The lowest BCUT2D eigenvalue weighted by molar-refractivity contribution is 0.800. The van der Waals surface area contributed by atoms with Gasteiger partial charge in [0.05, 0.1) is 0 Å². The van der Waals surface area contributed by atoms with E-state index < -0.39 is 0 Å². The van der Waals surface area contributed by atoms with Gasteiger partial charge >= 0.3 is 0 Å². The largest absolute Gasteiger partial charge is 0.398 e. The summed E-state index contributed by atoms with van der Waals surface area (Å²) in [5, 5.41) is 4.20. The molecule has 1 aromatic carbocycles. The molecule has 0 saturated heterocycles. The van der Waals surface area contributed by atoms with Crippen LogP contribution in [-0.4, -0.2) is 12.0 Å². The molecule has 2 rings (SSSR count). The lowest BCUT2D eigenvalue weighted by Crippen LogP contribution is -2.04. The van der Waals surface area contributed by atoms with Crippen molar-refractivity contribution in [1.29, 1.82) is 0 Å². The summed E-state index contributed by atoms with van der Waals surface area (Å²) in [6.45, 7) is 0.841. The van der Waals surface area contributed by atoms with Crippen LogP contribution in [0.2, 0.25) is 0 Å². The second kappa shape index (κ2) is 3.11. The maximum absolute atomic E-state index is 5.83. The zero-order chi connectivity index (χ0) is 9.26. The van der Waals surface area contributed by atoms with Gasteiger partial charge in [0.2, 0.25) is 0 Å². The average molecular weight is 175 g/mol. The highest BCUT2D eigenvalue weighted by Gasteiger charge is 2.01. The van der Waals surface area contributed by atoms with Crippen molar-refractivity contribution < 1.29 is 0 Å². The molecule has 0 bridgehead atoms. The highest BCUT2D eigenvalue weighted by molar-refractivity contribution is 5.91. The van der Waals surface area contributed by atoms with Crippen molar-refractivity contribution in [2.24, 2.45) is 0 Å². The third-order valence-electron chi connectivity index (χ3n) is 2.12. The van der Waals surface area contributed by atoms with Crippen LogP contribution in [-0.2, 0) is 6.54 Å². The van der Waals surface area contributed by atoms with Gasteiger partial charge in [-0.3, -0.25) is 0 Å². The fourth-order valence-electron chi connectivity index (χ4n) is 1.52. The summed E-state index contributed by atoms with van der Waals surface area (Å²) in [7, 11) is 1.93. The predicted molar refractivity (Wildman–Crippen MR) is 55.5 cm³/mol. The van der Waals surface area contributed by atoms with E-state index in [1.54, 1.807) is 0 Å². The number of H-pyrrole nitrogens is 1. The molecule has 13 heavy (non-hydrogen) atoms. The first-order valence-electron chi connectivity index (χ1n) is 4.32. The average Bonchev–Trinajstić information content (AvgIpc) is 2.49. The summed E-state index contributed by atoms with van der Waals surface area (Å²) < 4.78 is 0. The van der Waals surface area contributed by atoms with Crippen molar-refractivity contribution in [3.05, 3.63) is 30.0 Å². The summed E-state index contributed by atoms with van der Waals surface area (Å²) in [6, 6.07) is 7.99. The number of rotatable bonds is 2. The van der Waals surface area contributed by atoms with Crippen molar-refractivity contribution in [2.75, 3.05) is 12.8 Å². The molecule has 3 heteroatoms. The molecule has 68 valence electrons. The minimum atomic E-state index is 0.830. The Bertz CT molecular complexity index is 417. The van der Waals surface area contributed by atoms with Crippen molar-refractivity contribution in [2.45, 2.75) is 6.54 Å². The third kappa shape index (κ3) is 1.38. The van der Waals surface area contributed by atoms with Crippen LogP contribution in [0.4, 0.5) is 5.69 Å². The van der Waals surface area contributed by atoms with Gasteiger partial charge in [-0.25, -0.2) is 0 Å². The number of nitrogens with one attached hydrogen (secondary N) is 2. The van der Waals surface area contributed by atoms with Gasteiger partial charge in [-0.1, -0.05) is 6.07 Å². The maximum Gasteiger partial charge on any atom is 0.0477 e. The van der Waals surface area contributed by atoms with Crippen LogP contribution in [0.1, 0.15) is 5.69 Å². The molecule has 0 spiro atoms. The Morgan fingerprint density at radius 2 is 2.31 bits per heavy atom. The van der Waals surface area contributed by atoms with Crippen LogP contribution in [0.25, 0.3) is 10.9 Å². The van der Waals surface area contributed by atoms with Crippen LogP contribution in [0.15, 0.2) is 24.3 Å². The molecular weight excluding hydrogens is 162 g/mol. The van der Waals surface area contributed by atoms with Crippen LogP contribution in [0.3, 0.4) is 0 Å². The summed E-state index contributed by atoms with van der Waals surface area (Å²) >= 11 is 0. The maximum atomic E-state index is 5.83. The number of nitrogen functional groups attached to an aromatic ring is 1. The van der Waals surface area contributed by atoms with Gasteiger partial charge in [0.15, 0.2) is 0 Å². The zero-order valence-corrected chi connectivity index (χ0v) is 7.59. The molecule has 4 N–H and O–H groups in total. The second-order valence-corrected chi connectivity index (χ2v) is 3.13. The highest BCUT2D eigenvalue weighted by atomic mass is 14.9. The number of anilines is 1. The Balaban J connectivity index is 2.55. The predicted octanol–water partition coefficient (Wildman–Crippen LogP) is 1.47. The molecule has 2 aromatic rings. The van der Waals surface area contributed by atoms with Crippen molar-refractivity contribution >= 4 is 16.6 Å². The smallest absolute Gasteiger partial charge is 0.0477 e. The van der Waals surface area contributed by atoms with E-state index >= 15 is 0 Å². The Kier molecular flexibility index (Phi) is 1.94. The topological polar surface area (TPSA) is 53.8 Å². The molecule has 0 radical (unpaired) electrons. The third-order valence-corrected chi connectivity index (χ3v) is 2.12. The first-order chi connectivity index (χ1) is 6.31. The van der Waals surface area contributed by atoms with E-state index in [2.05, 4.69) is 16.4 Å². The van der Waals surface area contributed by atoms with Gasteiger partial charge in [0.25, 0.3) is 0 Å². The molecule has 1 heterocycles. The van der Waals surface area contributed by atoms with Crippen LogP contribution >= 0.6 is 0 Å². The summed E-state index contributed by atoms with van der Waals surface area (Å²) in [4.78, 5) is 3.29. The molecule has 0 fully saturated rings. The van der Waals surface area contributed by atoms with E-state index in [-0.39, 0.29) is 0 Å². The number of hydrogen-bond donors (Lipinski definition) is 3. The van der Waals surface area contributed by atoms with Crippen LogP contribution in [0.5, 0.6) is 0 Å². The Labute approximate surface area is 76.9 Å². The van der Waals surface area contributed by atoms with Crippen molar-refractivity contribution in [3.63, 3.8) is 0 Å². The Morgan fingerprint density at radius 3 is 3.00 bits per heavy atom. The molecule has 0 aliphatic carbocycles. The molecule has 3 nitrogen and oxygen atoms in total. The van der Waals surface area contributed by atoms with E-state index in [1.165, 1.54) is 0 Å². The molecular formula is C10H13N3. The van der Waals surface area contributed by atoms with E-state index in [0.29, 0.717) is 0 Å². The van der Waals surface area contributed by atoms with Gasteiger partial charge < -0.3 is 16.0 Å². The highest BCUT2D eigenvalue weighted by Crippen LogP contribution is 2.21. The normalized spacial score (nSPS) is 10.8. The standard InChI is InChI=1S/C10H13N3/c1-12-6-7-5-8-9(11)3-2-4-10(8)13-7/h2-5,12-13H,6,11H2,1H3. The quantitative estimate of drug-likeness (QED) is 0.605. The fraction of sp³-hybridized carbons (Fsp3) is 0.200. The lowest BCUT2D eigenvalue weighted by Gasteiger charge is -1.92. The van der Waals surface area contributed by atoms with Crippen LogP contribution in [0, 0.1) is 0 Å². The SMILES string of the molecule is CNCc1cc2c(N)cccc2[nH]1. The lowest BCUT2D eigenvalue weighted by atomic mass is 10.2. The van der Waals surface area contributed by atoms with E-state index in [4.69, 9.17) is 5.73 Å². The summed E-state index contributed by atoms with van der Waals surface area (Å²) in [6.07, 6.45) is 0. The summed E-state index contributed by atoms with van der Waals surface area (Å²) in [5.41, 5.74) is 8.92. The van der Waals surface area contributed by atoms with Crippen molar-refractivity contribution in [1.82, 2.24) is 10.3 Å². The minimum Gasteiger partial charge on any atom is -0.398 e. The summed E-state index contributed by atoms with van der Waals surface area (Å²) in [5.74, 6) is 0. The van der Waals surface area contributed by atoms with Crippen molar-refractivity contribution in [3.8, 4) is 0 Å². The Hall–Kier alpha value is -1.48. The van der Waals surface area contributed by atoms with Gasteiger partial charge in [0.1, 0.15) is 0 Å². The van der Waals surface area contributed by atoms with E-state index in [0.717, 1.165) is 28.8 Å². The van der Waals surface area contributed by atoms with Gasteiger partial charge in [-0.05, 0) is 25.2 Å². The molecule has 0 atom stereocenters. The number of fused-ring (bicyclic) bond motifs is 1. The van der Waals surface area contributed by atoms with Gasteiger partial charge in [-0.15, -0.1) is 0 Å². The Morgan fingerprint density at radius 1 is 1.46 bits per heavy atom. The van der Waals surface area contributed by atoms with E-state index in [1.807, 2.05) is 25.2 Å². The number of aromatic amines is 1. The molecule has 1 aromatic heterocycles. The molecule has 0 aliphatic heterocycles. The first-order valence-corrected chi connectivity index (χ1v) is 4.32. The van der Waals surface area contributed by atoms with Gasteiger partial charge in [-0.2, -0.15) is 0 Å². The molecule has 0 saturated carbocycles. The monoisotopic (exact) mass is 175 g/mol. The number of benzene rings is 1.